The molecule has 0 spiro atoms. The highest BCUT2D eigenvalue weighted by molar-refractivity contribution is 7.80. The molecule has 0 saturated heterocycles. The van der Waals surface area contributed by atoms with Gasteiger partial charge in [-0.05, 0) is 37.8 Å². The van der Waals surface area contributed by atoms with Gasteiger partial charge in [-0.3, -0.25) is 0 Å². The second-order valence-electron chi connectivity index (χ2n) is 3.15. The topological polar surface area (TPSA) is 9.23 Å². The molecule has 0 atom stereocenters. The molecular formula is C7H15FOSSi. The van der Waals surface area contributed by atoms with Crippen LogP contribution in [0.5, 0.6) is 0 Å². The molecule has 0 aromatic heterocycles. The van der Waals surface area contributed by atoms with Crippen molar-refractivity contribution < 1.29 is 8.84 Å². The molecule has 0 bridgehead atoms. The average molecular weight is 194 g/mol. The van der Waals surface area contributed by atoms with Gasteiger partial charge < -0.3 is 8.84 Å². The normalized spacial score (nSPS) is 11.3. The van der Waals surface area contributed by atoms with Gasteiger partial charge in [0.1, 0.15) is 0 Å². The van der Waals surface area contributed by atoms with Crippen LogP contribution in [-0.4, -0.2) is 20.6 Å². The van der Waals surface area contributed by atoms with Crippen LogP contribution < -0.4 is 0 Å². The van der Waals surface area contributed by atoms with Gasteiger partial charge in [0.25, 0.3) is 0 Å². The van der Waals surface area contributed by atoms with Crippen LogP contribution in [0.15, 0.2) is 0 Å². The number of thiocarbonyl (C=S) groups is 1. The van der Waals surface area contributed by atoms with Crippen LogP contribution in [-0.2, 0) is 4.74 Å². The smallest absolute Gasteiger partial charge is 0.240 e. The van der Waals surface area contributed by atoms with Crippen LogP contribution in [0.1, 0.15) is 12.8 Å². The lowest BCUT2D eigenvalue weighted by molar-refractivity contribution is 0.401. The van der Waals surface area contributed by atoms with E-state index in [4.69, 9.17) is 17.0 Å². The van der Waals surface area contributed by atoms with Crippen molar-refractivity contribution in [3.05, 3.63) is 0 Å². The van der Waals surface area contributed by atoms with Crippen molar-refractivity contribution >= 4 is 25.7 Å². The molecule has 1 nitrogen and oxygen atoms in total. The fraction of sp³-hybridized carbons (Fsp3) is 0.857. The predicted molar refractivity (Wildman–Crippen MR) is 52.2 cm³/mol. The maximum absolute atomic E-state index is 13.0. The van der Waals surface area contributed by atoms with E-state index in [0.717, 1.165) is 6.42 Å². The highest BCUT2D eigenvalue weighted by Crippen LogP contribution is 2.14. The zero-order chi connectivity index (χ0) is 8.91. The Bertz CT molecular complexity index is 133. The third kappa shape index (κ3) is 7.94. The summed E-state index contributed by atoms with van der Waals surface area (Å²) in [6.07, 6.45) is 1.54. The van der Waals surface area contributed by atoms with Gasteiger partial charge in [0.05, 0.1) is 7.11 Å². The van der Waals surface area contributed by atoms with Crippen molar-refractivity contribution in [2.75, 3.05) is 7.11 Å². The summed E-state index contributed by atoms with van der Waals surface area (Å²) in [6, 6.07) is 0.677. The van der Waals surface area contributed by atoms with E-state index in [-0.39, 0.29) is 0 Å². The Morgan fingerprint density at radius 2 is 2.09 bits per heavy atom. The number of ether oxygens (including phenoxy) is 1. The van der Waals surface area contributed by atoms with Gasteiger partial charge in [0, 0.05) is 6.42 Å². The first-order valence-corrected chi connectivity index (χ1v) is 7.21. The molecule has 4 heteroatoms. The Kier molecular flexibility index (Phi) is 4.84. The minimum atomic E-state index is -2.35. The van der Waals surface area contributed by atoms with E-state index in [2.05, 4.69) is 0 Å². The van der Waals surface area contributed by atoms with E-state index < -0.39 is 8.41 Å². The van der Waals surface area contributed by atoms with E-state index in [0.29, 0.717) is 17.5 Å². The van der Waals surface area contributed by atoms with Gasteiger partial charge in [0.15, 0.2) is 5.05 Å². The minimum Gasteiger partial charge on any atom is -0.490 e. The highest BCUT2D eigenvalue weighted by Gasteiger charge is 2.19. The molecular weight excluding hydrogens is 179 g/mol. The summed E-state index contributed by atoms with van der Waals surface area (Å²) in [4.78, 5) is 0. The van der Waals surface area contributed by atoms with Crippen LogP contribution in [0.3, 0.4) is 0 Å². The first kappa shape index (κ1) is 11.0. The zero-order valence-electron chi connectivity index (χ0n) is 7.32. The Morgan fingerprint density at radius 3 is 2.45 bits per heavy atom. The molecule has 11 heavy (non-hydrogen) atoms. The van der Waals surface area contributed by atoms with Crippen LogP contribution in [0.4, 0.5) is 4.11 Å². The highest BCUT2D eigenvalue weighted by atomic mass is 32.1. The molecule has 0 aliphatic carbocycles. The summed E-state index contributed by atoms with van der Waals surface area (Å²) < 4.78 is 17.8. The van der Waals surface area contributed by atoms with Crippen molar-refractivity contribution in [2.24, 2.45) is 0 Å². The van der Waals surface area contributed by atoms with Crippen LogP contribution >= 0.6 is 12.2 Å². The molecule has 0 unspecified atom stereocenters. The van der Waals surface area contributed by atoms with E-state index >= 15 is 0 Å². The predicted octanol–water partition coefficient (Wildman–Crippen LogP) is 2.92. The van der Waals surface area contributed by atoms with Crippen molar-refractivity contribution in [3.63, 3.8) is 0 Å². The van der Waals surface area contributed by atoms with E-state index in [9.17, 15) is 4.11 Å². The summed E-state index contributed by atoms with van der Waals surface area (Å²) in [5.41, 5.74) is 0. The van der Waals surface area contributed by atoms with Gasteiger partial charge >= 0.3 is 0 Å². The molecule has 0 fully saturated rings. The lowest BCUT2D eigenvalue weighted by Crippen LogP contribution is -2.17. The van der Waals surface area contributed by atoms with Gasteiger partial charge in [-0.25, -0.2) is 0 Å². The Morgan fingerprint density at radius 1 is 1.55 bits per heavy atom. The standard InChI is InChI=1S/C7H15FOSSi/c1-9-7(10)5-4-6-11(2,3)8/h4-6H2,1-3H3. The largest absolute Gasteiger partial charge is 0.490 e. The monoisotopic (exact) mass is 194 g/mol. The van der Waals surface area contributed by atoms with E-state index in [1.165, 1.54) is 0 Å². The first-order chi connectivity index (χ1) is 4.95. The number of rotatable bonds is 4. The summed E-state index contributed by atoms with van der Waals surface area (Å²) in [5.74, 6) is 0. The third-order valence-corrected chi connectivity index (χ3v) is 3.29. The van der Waals surface area contributed by atoms with Crippen LogP contribution in [0.2, 0.25) is 19.1 Å². The molecule has 0 saturated carbocycles. The summed E-state index contributed by atoms with van der Waals surface area (Å²) in [7, 11) is -0.796. The number of methoxy groups -OCH3 is 1. The number of hydrogen-bond acceptors (Lipinski definition) is 2. The van der Waals surface area contributed by atoms with Crippen molar-refractivity contribution in [2.45, 2.75) is 32.0 Å². The molecule has 0 aromatic rings. The first-order valence-electron chi connectivity index (χ1n) is 3.71. The maximum atomic E-state index is 13.0. The van der Waals surface area contributed by atoms with Crippen molar-refractivity contribution in [3.8, 4) is 0 Å². The molecule has 0 aliphatic rings. The lowest BCUT2D eigenvalue weighted by Gasteiger charge is -2.09. The zero-order valence-corrected chi connectivity index (χ0v) is 9.13. The fourth-order valence-corrected chi connectivity index (χ4v) is 1.92. The summed E-state index contributed by atoms with van der Waals surface area (Å²) >= 11 is 4.81. The molecule has 0 N–H and O–H groups in total. The van der Waals surface area contributed by atoms with Gasteiger partial charge in [0.2, 0.25) is 8.41 Å². The third-order valence-electron chi connectivity index (χ3n) is 1.38. The van der Waals surface area contributed by atoms with Gasteiger partial charge in [-0.1, -0.05) is 0 Å². The second kappa shape index (κ2) is 4.82. The van der Waals surface area contributed by atoms with Gasteiger partial charge in [-0.2, -0.15) is 0 Å². The molecule has 0 aromatic carbocycles. The Balaban J connectivity index is 3.35. The lowest BCUT2D eigenvalue weighted by atomic mass is 10.4. The molecule has 0 rings (SSSR count). The number of hydrogen-bond donors (Lipinski definition) is 0. The molecule has 0 heterocycles. The maximum Gasteiger partial charge on any atom is 0.240 e. The molecule has 0 radical (unpaired) electrons. The van der Waals surface area contributed by atoms with Crippen LogP contribution in [0.25, 0.3) is 0 Å². The second-order valence-corrected chi connectivity index (χ2v) is 7.54. The number of halogens is 1. The summed E-state index contributed by atoms with van der Waals surface area (Å²) in [5, 5.41) is 0.586. The average Bonchev–Trinajstić information content (AvgIpc) is 1.85. The molecule has 0 aliphatic heterocycles. The van der Waals surface area contributed by atoms with Crippen molar-refractivity contribution in [1.29, 1.82) is 0 Å². The molecule has 66 valence electrons. The SMILES string of the molecule is COC(=S)CCC[Si](C)(C)F. The summed E-state index contributed by atoms with van der Waals surface area (Å²) in [6.45, 7) is 3.42. The Labute approximate surface area is 74.1 Å². The molecule has 0 amide bonds. The Hall–Kier alpha value is 0.0369. The quantitative estimate of drug-likeness (QED) is 0.386. The van der Waals surface area contributed by atoms with Crippen molar-refractivity contribution in [1.82, 2.24) is 0 Å². The fourth-order valence-electron chi connectivity index (χ4n) is 0.755. The van der Waals surface area contributed by atoms with E-state index in [1.54, 1.807) is 20.2 Å². The van der Waals surface area contributed by atoms with E-state index in [1.807, 2.05) is 0 Å². The minimum absolute atomic E-state index is 0.586. The van der Waals surface area contributed by atoms with Crippen LogP contribution in [0, 0.1) is 0 Å². The van der Waals surface area contributed by atoms with Gasteiger partial charge in [-0.15, -0.1) is 0 Å².